The molecule has 0 bridgehead atoms. The van der Waals surface area contributed by atoms with E-state index >= 15 is 0 Å². The number of aliphatic hydroxyl groups excluding tert-OH is 1. The van der Waals surface area contributed by atoms with Crippen LogP contribution in [0.5, 0.6) is 0 Å². The van der Waals surface area contributed by atoms with Gasteiger partial charge >= 0.3 is 0 Å². The van der Waals surface area contributed by atoms with Crippen LogP contribution in [0.1, 0.15) is 0 Å². The molecule has 0 saturated heterocycles. The molecule has 10 heavy (non-hydrogen) atoms. The molecule has 0 amide bonds. The monoisotopic (exact) mass is 187 g/mol. The Bertz CT molecular complexity index is 82.3. The summed E-state index contributed by atoms with van der Waals surface area (Å²) >= 11 is 5.68. The van der Waals surface area contributed by atoms with Gasteiger partial charge in [0.25, 0.3) is 0 Å². The Morgan fingerprint density at radius 2 is 1.80 bits per heavy atom. The number of hydrogen-bond donors (Lipinski definition) is 1. The van der Waals surface area contributed by atoms with E-state index in [1.54, 1.807) is 0 Å². The maximum Gasteiger partial charge on any atom is 0.106 e. The highest BCUT2D eigenvalue weighted by Gasteiger charge is 2.13. The van der Waals surface area contributed by atoms with Crippen LogP contribution in [0.15, 0.2) is 0 Å². The molecule has 0 fully saturated rings. The second-order valence-electron chi connectivity index (χ2n) is 3.25. The normalized spacial score (nSPS) is 14.1. The highest BCUT2D eigenvalue weighted by Crippen LogP contribution is 2.00. The van der Waals surface area contributed by atoms with Crippen LogP contribution >= 0.6 is 11.6 Å². The molecule has 0 radical (unpaired) electrons. The Hall–Kier alpha value is 0.500. The number of alkyl halides is 1. The molecule has 64 valence electrons. The SMILES string of the molecule is C[N+](C)(C)CC(Cl)CO.[Cl-]. The van der Waals surface area contributed by atoms with Gasteiger partial charge in [0.1, 0.15) is 5.38 Å². The summed E-state index contributed by atoms with van der Waals surface area (Å²) in [5.74, 6) is 0. The molecule has 1 unspecified atom stereocenters. The predicted molar refractivity (Wildman–Crippen MR) is 39.6 cm³/mol. The van der Waals surface area contributed by atoms with Crippen LogP contribution < -0.4 is 12.4 Å². The van der Waals surface area contributed by atoms with E-state index in [4.69, 9.17) is 16.7 Å². The van der Waals surface area contributed by atoms with E-state index < -0.39 is 0 Å². The van der Waals surface area contributed by atoms with Crippen molar-refractivity contribution in [2.45, 2.75) is 5.38 Å². The molecule has 0 rings (SSSR count). The molecule has 0 aromatic heterocycles. The third kappa shape index (κ3) is 8.50. The van der Waals surface area contributed by atoms with Crippen LogP contribution in [0.2, 0.25) is 0 Å². The minimum absolute atomic E-state index is 0. The van der Waals surface area contributed by atoms with Gasteiger partial charge in [-0.1, -0.05) is 0 Å². The highest BCUT2D eigenvalue weighted by atomic mass is 35.5. The number of quaternary nitrogens is 1. The van der Waals surface area contributed by atoms with Gasteiger partial charge in [-0.25, -0.2) is 0 Å². The molecule has 0 saturated carbocycles. The average molecular weight is 188 g/mol. The summed E-state index contributed by atoms with van der Waals surface area (Å²) in [4.78, 5) is 0. The van der Waals surface area contributed by atoms with E-state index in [0.717, 1.165) is 11.0 Å². The fourth-order valence-electron chi connectivity index (χ4n) is 0.652. The Kier molecular flexibility index (Phi) is 6.81. The summed E-state index contributed by atoms with van der Waals surface area (Å²) < 4.78 is 0.800. The molecule has 0 heterocycles. The number of rotatable bonds is 3. The molecule has 0 aliphatic carbocycles. The second-order valence-corrected chi connectivity index (χ2v) is 3.87. The predicted octanol–water partition coefficient (Wildman–Crippen LogP) is -2.70. The van der Waals surface area contributed by atoms with E-state index in [-0.39, 0.29) is 24.4 Å². The maximum absolute atomic E-state index is 8.56. The number of halogens is 2. The van der Waals surface area contributed by atoms with Crippen LogP contribution in [-0.4, -0.2) is 49.3 Å². The van der Waals surface area contributed by atoms with E-state index in [9.17, 15) is 0 Å². The fourth-order valence-corrected chi connectivity index (χ4v) is 1.07. The fraction of sp³-hybridized carbons (Fsp3) is 1.00. The first kappa shape index (κ1) is 13.1. The number of nitrogens with zero attached hydrogens (tertiary/aromatic N) is 1. The van der Waals surface area contributed by atoms with Crippen LogP contribution in [0.25, 0.3) is 0 Å². The van der Waals surface area contributed by atoms with Crippen molar-refractivity contribution in [2.24, 2.45) is 0 Å². The summed E-state index contributed by atoms with van der Waals surface area (Å²) in [7, 11) is 6.14. The van der Waals surface area contributed by atoms with Gasteiger partial charge in [-0.15, -0.1) is 11.6 Å². The Labute approximate surface area is 73.8 Å². The molecule has 0 aliphatic heterocycles. The van der Waals surface area contributed by atoms with Crippen molar-refractivity contribution in [1.82, 2.24) is 0 Å². The lowest BCUT2D eigenvalue weighted by Crippen LogP contribution is -3.00. The van der Waals surface area contributed by atoms with Gasteiger partial charge in [0.05, 0.1) is 34.3 Å². The first-order valence-corrected chi connectivity index (χ1v) is 3.45. The average Bonchev–Trinajstić information content (AvgIpc) is 1.62. The Morgan fingerprint density at radius 1 is 1.40 bits per heavy atom. The van der Waals surface area contributed by atoms with E-state index in [2.05, 4.69) is 0 Å². The molecule has 0 spiro atoms. The lowest BCUT2D eigenvalue weighted by molar-refractivity contribution is -0.870. The van der Waals surface area contributed by atoms with Crippen molar-refractivity contribution in [3.8, 4) is 0 Å². The zero-order valence-corrected chi connectivity index (χ0v) is 8.15. The lowest BCUT2D eigenvalue weighted by atomic mass is 10.4. The largest absolute Gasteiger partial charge is 1.00 e. The Balaban J connectivity index is 0. The van der Waals surface area contributed by atoms with Crippen molar-refractivity contribution in [1.29, 1.82) is 0 Å². The smallest absolute Gasteiger partial charge is 0.106 e. The molecule has 4 heteroatoms. The van der Waals surface area contributed by atoms with Crippen LogP contribution in [0.4, 0.5) is 0 Å². The van der Waals surface area contributed by atoms with Gasteiger partial charge in [-0.2, -0.15) is 0 Å². The van der Waals surface area contributed by atoms with E-state index in [1.807, 2.05) is 21.1 Å². The first-order valence-electron chi connectivity index (χ1n) is 3.01. The summed E-state index contributed by atoms with van der Waals surface area (Å²) in [6.07, 6.45) is 0. The number of hydrogen-bond acceptors (Lipinski definition) is 1. The van der Waals surface area contributed by atoms with Crippen molar-refractivity contribution in [3.63, 3.8) is 0 Å². The van der Waals surface area contributed by atoms with Gasteiger partial charge in [0.15, 0.2) is 0 Å². The van der Waals surface area contributed by atoms with Gasteiger partial charge in [0.2, 0.25) is 0 Å². The van der Waals surface area contributed by atoms with Crippen LogP contribution in [0.3, 0.4) is 0 Å². The summed E-state index contributed by atoms with van der Waals surface area (Å²) in [5.41, 5.74) is 0. The highest BCUT2D eigenvalue weighted by molar-refractivity contribution is 6.20. The third-order valence-electron chi connectivity index (χ3n) is 0.944. The molecule has 0 aromatic carbocycles. The van der Waals surface area contributed by atoms with E-state index in [0.29, 0.717) is 0 Å². The molecule has 1 atom stereocenters. The van der Waals surface area contributed by atoms with E-state index in [1.165, 1.54) is 0 Å². The minimum atomic E-state index is -0.106. The number of aliphatic hydroxyl groups is 1. The lowest BCUT2D eigenvalue weighted by Gasteiger charge is -2.25. The summed E-state index contributed by atoms with van der Waals surface area (Å²) in [6.45, 7) is 0.870. The third-order valence-corrected chi connectivity index (χ3v) is 1.22. The van der Waals surface area contributed by atoms with Crippen LogP contribution in [-0.2, 0) is 0 Å². The second kappa shape index (κ2) is 5.19. The molecule has 2 nitrogen and oxygen atoms in total. The first-order chi connectivity index (χ1) is 3.95. The van der Waals surface area contributed by atoms with Crippen LogP contribution in [0, 0.1) is 0 Å². The van der Waals surface area contributed by atoms with Crippen molar-refractivity contribution in [3.05, 3.63) is 0 Å². The van der Waals surface area contributed by atoms with Gasteiger partial charge < -0.3 is 22.0 Å². The van der Waals surface area contributed by atoms with Crippen molar-refractivity contribution >= 4 is 11.6 Å². The summed E-state index contributed by atoms with van der Waals surface area (Å²) in [5, 5.41) is 8.45. The molecule has 1 N–H and O–H groups in total. The standard InChI is InChI=1S/C6H15ClNO.ClH/c1-8(2,3)4-6(7)5-9;/h6,9H,4-5H2,1-3H3;1H/q+1;/p-1. The minimum Gasteiger partial charge on any atom is -1.00 e. The van der Waals surface area contributed by atoms with Gasteiger partial charge in [0, 0.05) is 0 Å². The van der Waals surface area contributed by atoms with Gasteiger partial charge in [-0.05, 0) is 0 Å². The summed E-state index contributed by atoms with van der Waals surface area (Å²) in [6, 6.07) is 0. The molecular formula is C6H15Cl2NO. The molecule has 0 aromatic rings. The molecule has 0 aliphatic rings. The molecular weight excluding hydrogens is 173 g/mol. The quantitative estimate of drug-likeness (QED) is 0.377. The Morgan fingerprint density at radius 3 is 1.90 bits per heavy atom. The van der Waals surface area contributed by atoms with Crippen molar-refractivity contribution in [2.75, 3.05) is 34.3 Å². The zero-order valence-electron chi connectivity index (χ0n) is 6.64. The zero-order chi connectivity index (χ0) is 7.49. The van der Waals surface area contributed by atoms with Gasteiger partial charge in [-0.3, -0.25) is 0 Å². The topological polar surface area (TPSA) is 20.2 Å². The van der Waals surface area contributed by atoms with Crippen molar-refractivity contribution < 1.29 is 22.0 Å². The maximum atomic E-state index is 8.56.